The number of nitrogens with zero attached hydrogens (tertiary/aromatic N) is 1. The van der Waals surface area contributed by atoms with Crippen LogP contribution < -0.4 is 5.32 Å². The predicted molar refractivity (Wildman–Crippen MR) is 71.2 cm³/mol. The van der Waals surface area contributed by atoms with Gasteiger partial charge in [0, 0.05) is 6.20 Å². The zero-order valence-corrected chi connectivity index (χ0v) is 10.8. The van der Waals surface area contributed by atoms with E-state index in [0.717, 1.165) is 17.8 Å². The first-order valence-corrected chi connectivity index (χ1v) is 6.19. The fourth-order valence-electron chi connectivity index (χ4n) is 1.81. The monoisotopic (exact) mass is 264 g/mol. The maximum absolute atomic E-state index is 12.9. The van der Waals surface area contributed by atoms with E-state index in [1.807, 2.05) is 13.0 Å². The molecule has 1 heterocycles. The summed E-state index contributed by atoms with van der Waals surface area (Å²) in [5.74, 6) is -0.238. The smallest absolute Gasteiger partial charge is 0.123 e. The minimum absolute atomic E-state index is 0.0483. The highest BCUT2D eigenvalue weighted by Gasteiger charge is 2.14. The Morgan fingerprint density at radius 1 is 1.22 bits per heavy atom. The van der Waals surface area contributed by atoms with Gasteiger partial charge in [-0.05, 0) is 36.4 Å². The Balaban J connectivity index is 2.33. The van der Waals surface area contributed by atoms with Gasteiger partial charge in [0.15, 0.2) is 0 Å². The summed E-state index contributed by atoms with van der Waals surface area (Å²) < 4.78 is 12.9. The lowest BCUT2D eigenvalue weighted by molar-refractivity contribution is 0.605. The summed E-state index contributed by atoms with van der Waals surface area (Å²) in [4.78, 5) is 4.31. The quantitative estimate of drug-likeness (QED) is 0.913. The lowest BCUT2D eigenvalue weighted by Crippen LogP contribution is -2.22. The Morgan fingerprint density at radius 3 is 2.50 bits per heavy atom. The van der Waals surface area contributed by atoms with Gasteiger partial charge in [0.25, 0.3) is 0 Å². The van der Waals surface area contributed by atoms with E-state index in [9.17, 15) is 4.39 Å². The van der Waals surface area contributed by atoms with Crippen molar-refractivity contribution in [2.45, 2.75) is 13.0 Å². The summed E-state index contributed by atoms with van der Waals surface area (Å²) in [5, 5.41) is 3.93. The SMILES string of the molecule is CCNC(c1ccc(F)cc1)c1ccc(Cl)cn1. The van der Waals surface area contributed by atoms with Gasteiger partial charge >= 0.3 is 0 Å². The van der Waals surface area contributed by atoms with Crippen LogP contribution in [0, 0.1) is 5.82 Å². The molecule has 0 bridgehead atoms. The first-order chi connectivity index (χ1) is 8.70. The third-order valence-electron chi connectivity index (χ3n) is 2.66. The summed E-state index contributed by atoms with van der Waals surface area (Å²) in [6.07, 6.45) is 1.62. The van der Waals surface area contributed by atoms with E-state index in [1.165, 1.54) is 12.1 Å². The van der Waals surface area contributed by atoms with Gasteiger partial charge in [-0.3, -0.25) is 4.98 Å². The first kappa shape index (κ1) is 13.0. The van der Waals surface area contributed by atoms with Gasteiger partial charge in [0.05, 0.1) is 16.8 Å². The molecule has 0 aliphatic heterocycles. The lowest BCUT2D eigenvalue weighted by atomic mass is 10.0. The molecule has 1 atom stereocenters. The summed E-state index contributed by atoms with van der Waals surface area (Å²) in [5.41, 5.74) is 1.85. The zero-order chi connectivity index (χ0) is 13.0. The molecule has 0 saturated heterocycles. The van der Waals surface area contributed by atoms with Gasteiger partial charge < -0.3 is 5.32 Å². The van der Waals surface area contributed by atoms with Gasteiger partial charge in [0.2, 0.25) is 0 Å². The molecule has 18 heavy (non-hydrogen) atoms. The van der Waals surface area contributed by atoms with Crippen molar-refractivity contribution < 1.29 is 4.39 Å². The van der Waals surface area contributed by atoms with Crippen LogP contribution in [0.2, 0.25) is 5.02 Å². The number of rotatable bonds is 4. The van der Waals surface area contributed by atoms with Crippen molar-refractivity contribution in [1.29, 1.82) is 0 Å². The van der Waals surface area contributed by atoms with Gasteiger partial charge in [0.1, 0.15) is 5.82 Å². The maximum Gasteiger partial charge on any atom is 0.123 e. The highest BCUT2D eigenvalue weighted by molar-refractivity contribution is 6.30. The molecule has 1 unspecified atom stereocenters. The fourth-order valence-corrected chi connectivity index (χ4v) is 1.92. The van der Waals surface area contributed by atoms with Crippen molar-refractivity contribution >= 4 is 11.6 Å². The second-order valence-electron chi connectivity index (χ2n) is 3.94. The van der Waals surface area contributed by atoms with Crippen LogP contribution >= 0.6 is 11.6 Å². The normalized spacial score (nSPS) is 12.4. The van der Waals surface area contributed by atoms with Crippen LogP contribution in [0.1, 0.15) is 24.2 Å². The maximum atomic E-state index is 12.9. The average Bonchev–Trinajstić information content (AvgIpc) is 2.39. The molecule has 0 aliphatic rings. The summed E-state index contributed by atoms with van der Waals surface area (Å²) >= 11 is 5.83. The van der Waals surface area contributed by atoms with Crippen molar-refractivity contribution in [3.05, 3.63) is 64.7 Å². The molecular weight excluding hydrogens is 251 g/mol. The molecule has 94 valence electrons. The third-order valence-corrected chi connectivity index (χ3v) is 2.88. The average molecular weight is 265 g/mol. The zero-order valence-electron chi connectivity index (χ0n) is 10.0. The molecule has 2 aromatic rings. The van der Waals surface area contributed by atoms with E-state index < -0.39 is 0 Å². The van der Waals surface area contributed by atoms with E-state index >= 15 is 0 Å². The van der Waals surface area contributed by atoms with E-state index in [1.54, 1.807) is 24.4 Å². The third kappa shape index (κ3) is 3.06. The standard InChI is InChI=1S/C14H14ClFN2/c1-2-17-14(10-3-6-12(16)7-4-10)13-8-5-11(15)9-18-13/h3-9,14,17H,2H2,1H3. The van der Waals surface area contributed by atoms with Crippen LogP contribution in [0.5, 0.6) is 0 Å². The molecular formula is C14H14ClFN2. The van der Waals surface area contributed by atoms with Gasteiger partial charge in [-0.2, -0.15) is 0 Å². The molecule has 1 aromatic carbocycles. The second-order valence-corrected chi connectivity index (χ2v) is 4.38. The minimum Gasteiger partial charge on any atom is -0.305 e. The molecule has 0 radical (unpaired) electrons. The molecule has 0 saturated carbocycles. The topological polar surface area (TPSA) is 24.9 Å². The van der Waals surface area contributed by atoms with Crippen LogP contribution in [0.25, 0.3) is 0 Å². The number of hydrogen-bond donors (Lipinski definition) is 1. The summed E-state index contributed by atoms with van der Waals surface area (Å²) in [7, 11) is 0. The molecule has 1 aromatic heterocycles. The lowest BCUT2D eigenvalue weighted by Gasteiger charge is -2.17. The van der Waals surface area contributed by atoms with Gasteiger partial charge in [-0.15, -0.1) is 0 Å². The molecule has 0 aliphatic carbocycles. The van der Waals surface area contributed by atoms with Gasteiger partial charge in [-0.1, -0.05) is 30.7 Å². The second kappa shape index (κ2) is 5.94. The van der Waals surface area contributed by atoms with Crippen LogP contribution in [-0.4, -0.2) is 11.5 Å². The molecule has 2 nitrogen and oxygen atoms in total. The number of pyridine rings is 1. The molecule has 0 fully saturated rings. The van der Waals surface area contributed by atoms with E-state index in [4.69, 9.17) is 11.6 Å². The Kier molecular flexibility index (Phi) is 4.28. The van der Waals surface area contributed by atoms with Crippen molar-refractivity contribution in [3.63, 3.8) is 0 Å². The number of benzene rings is 1. The van der Waals surface area contributed by atoms with Crippen LogP contribution in [0.15, 0.2) is 42.6 Å². The van der Waals surface area contributed by atoms with Crippen LogP contribution in [0.4, 0.5) is 4.39 Å². The Morgan fingerprint density at radius 2 is 1.94 bits per heavy atom. The number of aromatic nitrogens is 1. The molecule has 0 amide bonds. The number of halogens is 2. The molecule has 1 N–H and O–H groups in total. The van der Waals surface area contributed by atoms with E-state index in [0.29, 0.717) is 5.02 Å². The van der Waals surface area contributed by atoms with Crippen molar-refractivity contribution in [1.82, 2.24) is 10.3 Å². The fraction of sp³-hybridized carbons (Fsp3) is 0.214. The van der Waals surface area contributed by atoms with Gasteiger partial charge in [-0.25, -0.2) is 4.39 Å². The molecule has 2 rings (SSSR count). The highest BCUT2D eigenvalue weighted by atomic mass is 35.5. The van der Waals surface area contributed by atoms with Crippen LogP contribution in [0.3, 0.4) is 0 Å². The Hall–Kier alpha value is -1.45. The number of hydrogen-bond acceptors (Lipinski definition) is 2. The Labute approximate surface area is 111 Å². The van der Waals surface area contributed by atoms with Crippen molar-refractivity contribution in [2.75, 3.05) is 6.54 Å². The summed E-state index contributed by atoms with van der Waals surface area (Å²) in [6.45, 7) is 2.82. The van der Waals surface area contributed by atoms with E-state index in [2.05, 4.69) is 10.3 Å². The molecule has 4 heteroatoms. The summed E-state index contributed by atoms with van der Waals surface area (Å²) in [6, 6.07) is 10.1. The first-order valence-electron chi connectivity index (χ1n) is 5.81. The van der Waals surface area contributed by atoms with Crippen molar-refractivity contribution in [3.8, 4) is 0 Å². The largest absolute Gasteiger partial charge is 0.305 e. The highest BCUT2D eigenvalue weighted by Crippen LogP contribution is 2.21. The minimum atomic E-state index is -0.238. The molecule has 0 spiro atoms. The van der Waals surface area contributed by atoms with E-state index in [-0.39, 0.29) is 11.9 Å². The van der Waals surface area contributed by atoms with Crippen LogP contribution in [-0.2, 0) is 0 Å². The predicted octanol–water partition coefficient (Wildman–Crippen LogP) is 3.57. The number of nitrogens with one attached hydrogen (secondary N) is 1. The Bertz CT molecular complexity index is 451. The van der Waals surface area contributed by atoms with Crippen molar-refractivity contribution in [2.24, 2.45) is 0 Å².